The van der Waals surface area contributed by atoms with Crippen LogP contribution in [0.5, 0.6) is 0 Å². The number of hydrogen-bond donors (Lipinski definition) is 2. The fraction of sp³-hybridized carbons (Fsp3) is 0.739. The summed E-state index contributed by atoms with van der Waals surface area (Å²) in [5, 5.41) is 17.1. The van der Waals surface area contributed by atoms with E-state index >= 15 is 0 Å². The van der Waals surface area contributed by atoms with Crippen molar-refractivity contribution in [3.05, 3.63) is 39.2 Å². The van der Waals surface area contributed by atoms with Crippen LogP contribution in [0.3, 0.4) is 0 Å². The second-order valence-corrected chi connectivity index (χ2v) is 6.86. The van der Waals surface area contributed by atoms with Gasteiger partial charge in [0.2, 0.25) is 0 Å². The van der Waals surface area contributed by atoms with Crippen LogP contribution in [-0.2, 0) is 19.5 Å². The minimum Gasteiger partial charge on any atom is -0.393 e. The Morgan fingerprint density at radius 2 is 0.808 bits per heavy atom. The van der Waals surface area contributed by atoms with E-state index in [1.165, 1.54) is 77.0 Å². The van der Waals surface area contributed by atoms with Gasteiger partial charge < -0.3 is 25.1 Å². The van der Waals surface area contributed by atoms with Crippen LogP contribution in [0.4, 0.5) is 0 Å². The van der Waals surface area contributed by atoms with E-state index in [9.17, 15) is 0 Å². The zero-order valence-corrected chi connectivity index (χ0v) is 19.5. The third-order valence-corrected chi connectivity index (χ3v) is 4.00. The van der Waals surface area contributed by atoms with E-state index in [4.69, 9.17) is 10.2 Å². The van der Waals surface area contributed by atoms with Crippen molar-refractivity contribution in [3.8, 4) is 0 Å². The molecule has 2 N–H and O–H groups in total. The van der Waals surface area contributed by atoms with Gasteiger partial charge in [-0.25, -0.2) is 0 Å². The molecular weight excluding hydrogens is 411 g/mol. The molecule has 26 heavy (non-hydrogen) atoms. The van der Waals surface area contributed by atoms with Gasteiger partial charge in [-0.1, -0.05) is 50.0 Å². The summed E-state index contributed by atoms with van der Waals surface area (Å²) in [5.74, 6) is 0. The van der Waals surface area contributed by atoms with Gasteiger partial charge in [0.05, 0.1) is 12.2 Å². The molecular formula is C23H46O2Rh. The Kier molecular flexibility index (Phi) is 35.2. The van der Waals surface area contributed by atoms with E-state index in [0.717, 1.165) is 0 Å². The first-order valence-electron chi connectivity index (χ1n) is 9.79. The normalized spacial score (nSPS) is 21.1. The van der Waals surface area contributed by atoms with Crippen molar-refractivity contribution in [1.82, 2.24) is 0 Å². The maximum absolute atomic E-state index is 8.56. The molecule has 0 spiro atoms. The van der Waals surface area contributed by atoms with Crippen LogP contribution < -0.4 is 0 Å². The molecule has 0 aromatic rings. The van der Waals surface area contributed by atoms with Crippen LogP contribution in [0.25, 0.3) is 0 Å². The quantitative estimate of drug-likeness (QED) is 0.271. The van der Waals surface area contributed by atoms with E-state index in [0.29, 0.717) is 6.42 Å². The van der Waals surface area contributed by atoms with Crippen LogP contribution in [0.15, 0.2) is 24.3 Å². The summed E-state index contributed by atoms with van der Waals surface area (Å²) in [5.41, 5.74) is 0. The van der Waals surface area contributed by atoms with Gasteiger partial charge in [0.1, 0.15) is 0 Å². The van der Waals surface area contributed by atoms with Gasteiger partial charge in [0, 0.05) is 0 Å². The summed E-state index contributed by atoms with van der Waals surface area (Å²) in [6, 6.07) is 0. The molecule has 0 aromatic carbocycles. The molecule has 0 aromatic heterocycles. The number of allylic oxidation sites excluding steroid dienone is 4. The zero-order valence-electron chi connectivity index (χ0n) is 17.9. The third-order valence-electron chi connectivity index (χ3n) is 4.00. The first-order valence-corrected chi connectivity index (χ1v) is 9.79. The summed E-state index contributed by atoms with van der Waals surface area (Å²) in [4.78, 5) is 0. The maximum Gasteiger partial charge on any atom is 2.00 e. The molecule has 1 radical (unpaired) electrons. The average Bonchev–Trinajstić information content (AvgIpc) is 2.36. The summed E-state index contributed by atoms with van der Waals surface area (Å²) >= 11 is 0. The van der Waals surface area contributed by atoms with Crippen molar-refractivity contribution >= 4 is 0 Å². The van der Waals surface area contributed by atoms with Crippen molar-refractivity contribution in [2.45, 2.75) is 110 Å². The largest absolute Gasteiger partial charge is 2.00 e. The zero-order chi connectivity index (χ0) is 17.2. The fourth-order valence-corrected chi connectivity index (χ4v) is 2.72. The number of hydrogen-bond acceptors (Lipinski definition) is 2. The van der Waals surface area contributed by atoms with Gasteiger partial charge >= 0.3 is 19.5 Å². The molecule has 0 amide bonds. The van der Waals surface area contributed by atoms with Crippen molar-refractivity contribution in [2.24, 2.45) is 0 Å². The Balaban J connectivity index is -0.000000133. The third kappa shape index (κ3) is 31.8. The predicted molar refractivity (Wildman–Crippen MR) is 114 cm³/mol. The van der Waals surface area contributed by atoms with Crippen molar-refractivity contribution in [1.29, 1.82) is 0 Å². The van der Waals surface area contributed by atoms with Gasteiger partial charge in [0.15, 0.2) is 0 Å². The second-order valence-electron chi connectivity index (χ2n) is 6.86. The van der Waals surface area contributed by atoms with Crippen molar-refractivity contribution in [2.75, 3.05) is 0 Å². The van der Waals surface area contributed by atoms with Gasteiger partial charge in [-0.3, -0.25) is 0 Å². The predicted octanol–water partition coefficient (Wildman–Crippen LogP) is 6.83. The Hall–Kier alpha value is 0.0234. The molecule has 0 aliphatic heterocycles. The second kappa shape index (κ2) is 27.2. The van der Waals surface area contributed by atoms with Crippen LogP contribution in [0.1, 0.15) is 97.3 Å². The van der Waals surface area contributed by atoms with Crippen molar-refractivity contribution in [3.63, 3.8) is 0 Å². The van der Waals surface area contributed by atoms with Crippen molar-refractivity contribution < 1.29 is 29.7 Å². The van der Waals surface area contributed by atoms with Crippen LogP contribution in [-0.4, -0.2) is 22.4 Å². The summed E-state index contributed by atoms with van der Waals surface area (Å²) < 4.78 is 0. The average molecular weight is 458 g/mol. The molecule has 0 saturated carbocycles. The van der Waals surface area contributed by atoms with E-state index in [1.54, 1.807) is 13.8 Å². The van der Waals surface area contributed by atoms with E-state index < -0.39 is 0 Å². The molecule has 0 bridgehead atoms. The van der Waals surface area contributed by atoms with E-state index in [2.05, 4.69) is 24.3 Å². The minimum absolute atomic E-state index is 0. The molecule has 159 valence electrons. The molecule has 2 rings (SSSR count). The van der Waals surface area contributed by atoms with Crippen LogP contribution >= 0.6 is 0 Å². The first kappa shape index (κ1) is 33.6. The monoisotopic (exact) mass is 457 g/mol. The van der Waals surface area contributed by atoms with Gasteiger partial charge in [-0.2, -0.15) is 0 Å². The molecule has 0 heterocycles. The summed E-state index contributed by atoms with van der Waals surface area (Å²) in [6.07, 6.45) is 25.7. The SMILES string of the molecule is C1=C\CCCCCC/1.C1=C\CCCCCC/1.CC(O)CC(C)O.[CH3-].[CH3-].[Rh+2]. The maximum atomic E-state index is 8.56. The van der Waals surface area contributed by atoms with Gasteiger partial charge in [-0.15, -0.1) is 0 Å². The minimum atomic E-state index is -0.375. The molecule has 2 aliphatic carbocycles. The Morgan fingerprint density at radius 3 is 0.962 bits per heavy atom. The molecule has 2 unspecified atom stereocenters. The first-order chi connectivity index (χ1) is 11.1. The number of rotatable bonds is 2. The van der Waals surface area contributed by atoms with Gasteiger partial charge in [-0.05, 0) is 71.6 Å². The Morgan fingerprint density at radius 1 is 0.577 bits per heavy atom. The van der Waals surface area contributed by atoms with Crippen LogP contribution in [0.2, 0.25) is 0 Å². The van der Waals surface area contributed by atoms with Gasteiger partial charge in [0.25, 0.3) is 0 Å². The van der Waals surface area contributed by atoms with E-state index in [1.807, 2.05) is 0 Å². The topological polar surface area (TPSA) is 40.5 Å². The molecule has 3 heteroatoms. The number of aliphatic hydroxyl groups is 2. The fourth-order valence-electron chi connectivity index (χ4n) is 2.72. The smallest absolute Gasteiger partial charge is 0.393 e. The molecule has 2 nitrogen and oxygen atoms in total. The Labute approximate surface area is 178 Å². The standard InChI is InChI=1S/2C8H14.C5H12O2.2CH3.Rh/c2*1-2-4-6-8-7-5-3-1;1-4(6)3-5(2)7;;;/h2*1-2H,3-8H2;4-7H,3H2,1-2H3;2*1H3;/q;;;2*-1;+2/b2*2-1-;;;;. The number of aliphatic hydroxyl groups excluding tert-OH is 2. The Bertz CT molecular complexity index is 238. The molecule has 0 saturated heterocycles. The summed E-state index contributed by atoms with van der Waals surface area (Å²) in [6.45, 7) is 3.32. The van der Waals surface area contributed by atoms with E-state index in [-0.39, 0.29) is 46.5 Å². The summed E-state index contributed by atoms with van der Waals surface area (Å²) in [7, 11) is 0. The molecule has 2 aliphatic rings. The molecule has 2 atom stereocenters. The van der Waals surface area contributed by atoms with Crippen LogP contribution in [0, 0.1) is 14.9 Å². The molecule has 0 fully saturated rings.